The van der Waals surface area contributed by atoms with E-state index in [4.69, 9.17) is 0 Å². The highest BCUT2D eigenvalue weighted by atomic mass is 79.9. The summed E-state index contributed by atoms with van der Waals surface area (Å²) in [5.74, 6) is 0.716. The number of hydrogen-bond acceptors (Lipinski definition) is 2. The van der Waals surface area contributed by atoms with Crippen LogP contribution in [-0.2, 0) is 13.6 Å². The van der Waals surface area contributed by atoms with E-state index in [-0.39, 0.29) is 5.56 Å². The van der Waals surface area contributed by atoms with E-state index in [2.05, 4.69) is 65.6 Å². The first-order valence-corrected chi connectivity index (χ1v) is 12.2. The molecule has 0 amide bonds. The lowest BCUT2D eigenvalue weighted by atomic mass is 9.89. The van der Waals surface area contributed by atoms with Gasteiger partial charge in [-0.3, -0.25) is 14.4 Å². The number of aromatic nitrogens is 2. The molecule has 0 aromatic carbocycles. The van der Waals surface area contributed by atoms with E-state index in [1.54, 1.807) is 4.68 Å². The molecule has 2 heterocycles. The van der Waals surface area contributed by atoms with Crippen LogP contribution in [0.25, 0.3) is 5.70 Å². The molecule has 0 spiro atoms. The fourth-order valence-electron chi connectivity index (χ4n) is 4.18. The van der Waals surface area contributed by atoms with Crippen LogP contribution < -0.4 is 5.56 Å². The summed E-state index contributed by atoms with van der Waals surface area (Å²) in [7, 11) is 1.99. The van der Waals surface area contributed by atoms with E-state index >= 15 is 0 Å². The van der Waals surface area contributed by atoms with Crippen molar-refractivity contribution in [1.29, 1.82) is 0 Å². The van der Waals surface area contributed by atoms with E-state index in [0.29, 0.717) is 10.4 Å². The van der Waals surface area contributed by atoms with Gasteiger partial charge in [-0.05, 0) is 74.5 Å². The van der Waals surface area contributed by atoms with Crippen molar-refractivity contribution in [3.05, 3.63) is 75.2 Å². The highest BCUT2D eigenvalue weighted by Crippen LogP contribution is 2.27. The minimum Gasteiger partial charge on any atom is -0.297 e. The summed E-state index contributed by atoms with van der Waals surface area (Å²) in [6.45, 7) is 12.9. The van der Waals surface area contributed by atoms with E-state index < -0.39 is 0 Å². The number of rotatable bonds is 10. The number of piperidine rings is 1. The predicted molar refractivity (Wildman–Crippen MR) is 137 cm³/mol. The van der Waals surface area contributed by atoms with Crippen molar-refractivity contribution in [2.24, 2.45) is 13.0 Å². The molecule has 1 aliphatic heterocycles. The molecule has 170 valence electrons. The van der Waals surface area contributed by atoms with Gasteiger partial charge >= 0.3 is 0 Å². The van der Waals surface area contributed by atoms with Gasteiger partial charge in [-0.15, -0.1) is 0 Å². The van der Waals surface area contributed by atoms with Crippen molar-refractivity contribution in [2.45, 2.75) is 59.4 Å². The zero-order valence-electron chi connectivity index (χ0n) is 19.6. The predicted octanol–water partition coefficient (Wildman–Crippen LogP) is 6.46. The summed E-state index contributed by atoms with van der Waals surface area (Å²) in [4.78, 5) is 15.4. The topological polar surface area (TPSA) is 30.2 Å². The van der Waals surface area contributed by atoms with Gasteiger partial charge in [0.05, 0.1) is 5.69 Å². The molecule has 0 atom stereocenters. The van der Waals surface area contributed by atoms with Crippen LogP contribution in [0.2, 0.25) is 0 Å². The number of allylic oxidation sites excluding steroid dienone is 9. The zero-order valence-corrected chi connectivity index (χ0v) is 21.2. The average Bonchev–Trinajstić information content (AvgIpc) is 2.99. The minimum atomic E-state index is 0.0251. The molecule has 4 nitrogen and oxygen atoms in total. The quantitative estimate of drug-likeness (QED) is 0.280. The molecule has 0 bridgehead atoms. The van der Waals surface area contributed by atoms with Gasteiger partial charge in [0, 0.05) is 25.7 Å². The monoisotopic (exact) mass is 487 g/mol. The second kappa shape index (κ2) is 12.9. The Balaban J connectivity index is 2.06. The molecule has 5 heteroatoms. The molecule has 0 unspecified atom stereocenters. The standard InChI is InChI=1S/C26H38BrN3O/c1-6-10-12-14-23(9-4)30-26(31)25(27)24(28(30)5)20-29-17-15-22(16-18-29)19-21(8-3)13-11-7-2/h7-13,22H,2,6,14-20H2,1,3-5H3/b12-10-,13-11-,21-8+,23-9+. The van der Waals surface area contributed by atoms with Gasteiger partial charge in [0.25, 0.3) is 5.56 Å². The molecule has 2 rings (SSSR count). The molecule has 0 aliphatic carbocycles. The van der Waals surface area contributed by atoms with Gasteiger partial charge in [-0.2, -0.15) is 0 Å². The fraction of sp³-hybridized carbons (Fsp3) is 0.500. The van der Waals surface area contributed by atoms with Gasteiger partial charge in [0.15, 0.2) is 0 Å². The Morgan fingerprint density at radius 1 is 1.19 bits per heavy atom. The van der Waals surface area contributed by atoms with Crippen molar-refractivity contribution in [1.82, 2.24) is 14.3 Å². The summed E-state index contributed by atoms with van der Waals surface area (Å²) in [6, 6.07) is 0. The first-order valence-electron chi connectivity index (χ1n) is 11.4. The molecule has 1 saturated heterocycles. The number of likely N-dealkylation sites (tertiary alicyclic amines) is 1. The average molecular weight is 489 g/mol. The van der Waals surface area contributed by atoms with Crippen LogP contribution in [-0.4, -0.2) is 27.4 Å². The summed E-state index contributed by atoms with van der Waals surface area (Å²) >= 11 is 3.59. The van der Waals surface area contributed by atoms with Crippen molar-refractivity contribution in [2.75, 3.05) is 13.1 Å². The van der Waals surface area contributed by atoms with E-state index in [9.17, 15) is 4.79 Å². The van der Waals surface area contributed by atoms with E-state index in [0.717, 1.165) is 50.3 Å². The van der Waals surface area contributed by atoms with Crippen LogP contribution in [0, 0.1) is 5.92 Å². The normalized spacial score (nSPS) is 17.3. The lowest BCUT2D eigenvalue weighted by molar-refractivity contribution is 0.173. The Labute approximate surface area is 196 Å². The summed E-state index contributed by atoms with van der Waals surface area (Å²) < 4.78 is 4.50. The first kappa shape index (κ1) is 25.4. The molecule has 0 saturated carbocycles. The van der Waals surface area contributed by atoms with Gasteiger partial charge < -0.3 is 0 Å². The van der Waals surface area contributed by atoms with Gasteiger partial charge in [-0.25, -0.2) is 4.68 Å². The lowest BCUT2D eigenvalue weighted by Gasteiger charge is -2.32. The number of nitrogens with zero attached hydrogens (tertiary/aromatic N) is 3. The van der Waals surface area contributed by atoms with E-state index in [1.807, 2.05) is 36.9 Å². The van der Waals surface area contributed by atoms with Gasteiger partial charge in [0.2, 0.25) is 0 Å². The Bertz CT molecular complexity index is 906. The maximum Gasteiger partial charge on any atom is 0.285 e. The van der Waals surface area contributed by atoms with E-state index in [1.165, 1.54) is 18.4 Å². The maximum absolute atomic E-state index is 13.0. The molecular formula is C26H38BrN3O. The fourth-order valence-corrected chi connectivity index (χ4v) is 4.73. The SMILES string of the molecule is C=C/C=C\C(=C/C)CC1CCN(Cc2c(Br)c(=O)n(/C(=C/C)C/C=C\CC)n2C)CC1. The van der Waals surface area contributed by atoms with Crippen LogP contribution in [0.4, 0.5) is 0 Å². The summed E-state index contributed by atoms with van der Waals surface area (Å²) in [5, 5.41) is 0. The van der Waals surface area contributed by atoms with Crippen molar-refractivity contribution >= 4 is 21.6 Å². The Kier molecular flexibility index (Phi) is 10.6. The molecule has 1 fully saturated rings. The number of hydrogen-bond donors (Lipinski definition) is 0. The summed E-state index contributed by atoms with van der Waals surface area (Å²) in [5.41, 5.74) is 3.47. The maximum atomic E-state index is 13.0. The third-order valence-electron chi connectivity index (χ3n) is 6.08. The molecule has 0 radical (unpaired) electrons. The van der Waals surface area contributed by atoms with Gasteiger partial charge in [0.1, 0.15) is 4.47 Å². The third-order valence-corrected chi connectivity index (χ3v) is 6.88. The Morgan fingerprint density at radius 2 is 1.90 bits per heavy atom. The molecule has 1 aliphatic rings. The molecule has 0 N–H and O–H groups in total. The smallest absolute Gasteiger partial charge is 0.285 e. The van der Waals surface area contributed by atoms with Gasteiger partial charge in [-0.1, -0.05) is 61.6 Å². The molecule has 31 heavy (non-hydrogen) atoms. The molecule has 1 aromatic rings. The summed E-state index contributed by atoms with van der Waals surface area (Å²) in [6.07, 6.45) is 19.8. The highest BCUT2D eigenvalue weighted by Gasteiger charge is 2.24. The Morgan fingerprint density at radius 3 is 2.48 bits per heavy atom. The molecular weight excluding hydrogens is 450 g/mol. The first-order chi connectivity index (χ1) is 15.0. The number of halogens is 1. The van der Waals surface area contributed by atoms with Crippen LogP contribution in [0.1, 0.15) is 58.6 Å². The largest absolute Gasteiger partial charge is 0.297 e. The third kappa shape index (κ3) is 6.81. The second-order valence-electron chi connectivity index (χ2n) is 8.15. The van der Waals surface area contributed by atoms with Crippen molar-refractivity contribution < 1.29 is 0 Å². The lowest BCUT2D eigenvalue weighted by Crippen LogP contribution is -2.34. The van der Waals surface area contributed by atoms with Crippen LogP contribution in [0.3, 0.4) is 0 Å². The minimum absolute atomic E-state index is 0.0251. The van der Waals surface area contributed by atoms with Crippen molar-refractivity contribution in [3.63, 3.8) is 0 Å². The molecule has 1 aromatic heterocycles. The van der Waals surface area contributed by atoms with Crippen LogP contribution in [0.5, 0.6) is 0 Å². The highest BCUT2D eigenvalue weighted by molar-refractivity contribution is 9.10. The van der Waals surface area contributed by atoms with Crippen LogP contribution >= 0.6 is 15.9 Å². The van der Waals surface area contributed by atoms with Crippen molar-refractivity contribution in [3.8, 4) is 0 Å². The Hall–Kier alpha value is -1.85. The second-order valence-corrected chi connectivity index (χ2v) is 8.94. The van der Waals surface area contributed by atoms with Crippen LogP contribution in [0.15, 0.2) is 64.0 Å². The zero-order chi connectivity index (χ0) is 22.8.